The summed E-state index contributed by atoms with van der Waals surface area (Å²) in [7, 11) is 0. The third kappa shape index (κ3) is 2.73. The number of hydrogen-bond acceptors (Lipinski definition) is 1. The summed E-state index contributed by atoms with van der Waals surface area (Å²) in [5, 5.41) is 3.06. The van der Waals surface area contributed by atoms with Gasteiger partial charge in [0.15, 0.2) is 0 Å². The zero-order valence-corrected chi connectivity index (χ0v) is 10.5. The van der Waals surface area contributed by atoms with Crippen LogP contribution in [0.15, 0.2) is 16.6 Å². The molecule has 1 aliphatic carbocycles. The van der Waals surface area contributed by atoms with Crippen molar-refractivity contribution >= 4 is 21.6 Å². The predicted octanol–water partition coefficient (Wildman–Crippen LogP) is 4.33. The normalized spacial score (nSPS) is 16.7. The molecule has 0 amide bonds. The van der Waals surface area contributed by atoms with E-state index in [1.54, 1.807) is 0 Å². The Morgan fingerprint density at radius 3 is 2.56 bits per heavy atom. The lowest BCUT2D eigenvalue weighted by Gasteiger charge is -2.13. The Kier molecular flexibility index (Phi) is 3.79. The highest BCUT2D eigenvalue weighted by atomic mass is 79.9. The number of halogens is 3. The molecule has 1 aromatic rings. The molecule has 1 saturated carbocycles. The molecule has 4 heteroatoms. The molecule has 88 valence electrons. The van der Waals surface area contributed by atoms with Gasteiger partial charge < -0.3 is 5.32 Å². The zero-order chi connectivity index (χ0) is 11.5. The van der Waals surface area contributed by atoms with Crippen LogP contribution in [0.5, 0.6) is 0 Å². The van der Waals surface area contributed by atoms with Crippen molar-refractivity contribution < 1.29 is 8.78 Å². The quantitative estimate of drug-likeness (QED) is 0.873. The standard InChI is InChI=1S/C12H14BrF2N/c13-10-5-9(14)6-11(15)12(10)16-7-8-3-1-2-4-8/h5-6,8,16H,1-4,7H2. The Hall–Kier alpha value is -0.640. The second-order valence-corrected chi connectivity index (χ2v) is 5.13. The molecular formula is C12H14BrF2N. The van der Waals surface area contributed by atoms with Crippen LogP contribution >= 0.6 is 15.9 Å². The van der Waals surface area contributed by atoms with Gasteiger partial charge in [-0.3, -0.25) is 0 Å². The molecule has 1 N–H and O–H groups in total. The minimum atomic E-state index is -0.559. The molecule has 1 nitrogen and oxygen atoms in total. The van der Waals surface area contributed by atoms with Crippen molar-refractivity contribution in [3.05, 3.63) is 28.2 Å². The highest BCUT2D eigenvalue weighted by Crippen LogP contribution is 2.29. The van der Waals surface area contributed by atoms with Crippen LogP contribution in [-0.4, -0.2) is 6.54 Å². The molecule has 2 rings (SSSR count). The average molecular weight is 290 g/mol. The van der Waals surface area contributed by atoms with Crippen molar-refractivity contribution in [2.45, 2.75) is 25.7 Å². The van der Waals surface area contributed by atoms with Gasteiger partial charge in [-0.05, 0) is 40.8 Å². The fourth-order valence-corrected chi connectivity index (χ4v) is 2.72. The van der Waals surface area contributed by atoms with Crippen LogP contribution in [0.25, 0.3) is 0 Å². The van der Waals surface area contributed by atoms with E-state index in [1.807, 2.05) is 0 Å². The molecule has 16 heavy (non-hydrogen) atoms. The second-order valence-electron chi connectivity index (χ2n) is 4.28. The summed E-state index contributed by atoms with van der Waals surface area (Å²) in [6.45, 7) is 0.765. The molecule has 0 aliphatic heterocycles. The van der Waals surface area contributed by atoms with E-state index in [2.05, 4.69) is 21.2 Å². The summed E-state index contributed by atoms with van der Waals surface area (Å²) < 4.78 is 26.8. The van der Waals surface area contributed by atoms with Crippen molar-refractivity contribution in [2.24, 2.45) is 5.92 Å². The first-order valence-electron chi connectivity index (χ1n) is 5.55. The van der Waals surface area contributed by atoms with Gasteiger partial charge in [-0.2, -0.15) is 0 Å². The number of rotatable bonds is 3. The van der Waals surface area contributed by atoms with Crippen molar-refractivity contribution in [1.29, 1.82) is 0 Å². The third-order valence-electron chi connectivity index (χ3n) is 3.05. The first-order valence-corrected chi connectivity index (χ1v) is 6.34. The van der Waals surface area contributed by atoms with Crippen molar-refractivity contribution in [2.75, 3.05) is 11.9 Å². The van der Waals surface area contributed by atoms with Gasteiger partial charge in [0.25, 0.3) is 0 Å². The summed E-state index contributed by atoms with van der Waals surface area (Å²) >= 11 is 3.17. The van der Waals surface area contributed by atoms with Gasteiger partial charge in [-0.15, -0.1) is 0 Å². The summed E-state index contributed by atoms with van der Waals surface area (Å²) in [4.78, 5) is 0. The Bertz CT molecular complexity index is 352. The fourth-order valence-electron chi connectivity index (χ4n) is 2.17. The SMILES string of the molecule is Fc1cc(F)c(NCC2CCCC2)c(Br)c1. The molecule has 0 spiro atoms. The van der Waals surface area contributed by atoms with Crippen LogP contribution in [0, 0.1) is 17.6 Å². The maximum Gasteiger partial charge on any atom is 0.150 e. The summed E-state index contributed by atoms with van der Waals surface area (Å²) in [6.07, 6.45) is 4.93. The van der Waals surface area contributed by atoms with E-state index in [-0.39, 0.29) is 0 Å². The van der Waals surface area contributed by atoms with Crippen LogP contribution in [0.1, 0.15) is 25.7 Å². The lowest BCUT2D eigenvalue weighted by Crippen LogP contribution is -2.12. The minimum Gasteiger partial charge on any atom is -0.381 e. The number of hydrogen-bond donors (Lipinski definition) is 1. The molecule has 0 unspecified atom stereocenters. The Labute approximate surface area is 102 Å². The van der Waals surface area contributed by atoms with Crippen molar-refractivity contribution in [3.63, 3.8) is 0 Å². The van der Waals surface area contributed by atoms with Crippen LogP contribution in [0.4, 0.5) is 14.5 Å². The van der Waals surface area contributed by atoms with Crippen molar-refractivity contribution in [1.82, 2.24) is 0 Å². The Balaban J connectivity index is 2.03. The number of anilines is 1. The molecule has 0 bridgehead atoms. The molecule has 1 fully saturated rings. The third-order valence-corrected chi connectivity index (χ3v) is 3.67. The van der Waals surface area contributed by atoms with E-state index in [0.717, 1.165) is 12.6 Å². The van der Waals surface area contributed by atoms with Crippen LogP contribution in [0.3, 0.4) is 0 Å². The molecule has 0 aromatic heterocycles. The molecule has 0 heterocycles. The Morgan fingerprint density at radius 1 is 1.25 bits per heavy atom. The lowest BCUT2D eigenvalue weighted by atomic mass is 10.1. The van der Waals surface area contributed by atoms with E-state index in [4.69, 9.17) is 0 Å². The van der Waals surface area contributed by atoms with E-state index < -0.39 is 11.6 Å². The molecule has 0 radical (unpaired) electrons. The average Bonchev–Trinajstić information content (AvgIpc) is 2.68. The van der Waals surface area contributed by atoms with Gasteiger partial charge >= 0.3 is 0 Å². The largest absolute Gasteiger partial charge is 0.381 e. The molecule has 1 aromatic carbocycles. The number of nitrogens with one attached hydrogen (secondary N) is 1. The van der Waals surface area contributed by atoms with Gasteiger partial charge in [0.1, 0.15) is 11.6 Å². The van der Waals surface area contributed by atoms with Gasteiger partial charge in [-0.25, -0.2) is 8.78 Å². The highest BCUT2D eigenvalue weighted by molar-refractivity contribution is 9.10. The monoisotopic (exact) mass is 289 g/mol. The fraction of sp³-hybridized carbons (Fsp3) is 0.500. The molecule has 0 atom stereocenters. The van der Waals surface area contributed by atoms with Gasteiger partial charge in [-0.1, -0.05) is 12.8 Å². The molecule has 0 saturated heterocycles. The van der Waals surface area contributed by atoms with Gasteiger partial charge in [0.2, 0.25) is 0 Å². The Morgan fingerprint density at radius 2 is 1.94 bits per heavy atom. The van der Waals surface area contributed by atoms with Gasteiger partial charge in [0, 0.05) is 17.1 Å². The molecular weight excluding hydrogens is 276 g/mol. The summed E-state index contributed by atoms with van der Waals surface area (Å²) in [5.74, 6) is -0.475. The van der Waals surface area contributed by atoms with Crippen LogP contribution in [-0.2, 0) is 0 Å². The maximum absolute atomic E-state index is 13.5. The minimum absolute atomic E-state index is 0.369. The summed E-state index contributed by atoms with van der Waals surface area (Å²) in [6, 6.07) is 2.18. The summed E-state index contributed by atoms with van der Waals surface area (Å²) in [5.41, 5.74) is 0.369. The van der Waals surface area contributed by atoms with E-state index in [0.29, 0.717) is 16.1 Å². The van der Waals surface area contributed by atoms with Crippen LogP contribution < -0.4 is 5.32 Å². The lowest BCUT2D eigenvalue weighted by molar-refractivity contribution is 0.566. The number of benzene rings is 1. The van der Waals surface area contributed by atoms with E-state index in [1.165, 1.54) is 31.7 Å². The second kappa shape index (κ2) is 5.13. The highest BCUT2D eigenvalue weighted by Gasteiger charge is 2.16. The van der Waals surface area contributed by atoms with Crippen LogP contribution in [0.2, 0.25) is 0 Å². The van der Waals surface area contributed by atoms with Gasteiger partial charge in [0.05, 0.1) is 5.69 Å². The molecule has 1 aliphatic rings. The topological polar surface area (TPSA) is 12.0 Å². The predicted molar refractivity (Wildman–Crippen MR) is 64.5 cm³/mol. The first kappa shape index (κ1) is 11.8. The zero-order valence-electron chi connectivity index (χ0n) is 8.90. The van der Waals surface area contributed by atoms with E-state index >= 15 is 0 Å². The first-order chi connectivity index (χ1) is 7.66. The van der Waals surface area contributed by atoms with Crippen molar-refractivity contribution in [3.8, 4) is 0 Å². The smallest absolute Gasteiger partial charge is 0.150 e. The maximum atomic E-state index is 13.5. The van der Waals surface area contributed by atoms with E-state index in [9.17, 15) is 8.78 Å².